The zero-order valence-corrected chi connectivity index (χ0v) is 19.3. The highest BCUT2D eigenvalue weighted by Crippen LogP contribution is 2.34. The lowest BCUT2D eigenvalue weighted by Gasteiger charge is -2.15. The van der Waals surface area contributed by atoms with Crippen LogP contribution in [0.15, 0.2) is 83.8 Å². The molecule has 1 fully saturated rings. The maximum absolute atomic E-state index is 12.9. The molecule has 172 valence electrons. The lowest BCUT2D eigenvalue weighted by atomic mass is 10.1. The smallest absolute Gasteiger partial charge is 0.247 e. The second-order valence-electron chi connectivity index (χ2n) is 7.84. The van der Waals surface area contributed by atoms with Crippen LogP contribution in [-0.2, 0) is 25.6 Å². The van der Waals surface area contributed by atoms with E-state index in [9.17, 15) is 19.2 Å². The summed E-state index contributed by atoms with van der Waals surface area (Å²) in [4.78, 5) is 50.9. The van der Waals surface area contributed by atoms with E-state index in [1.54, 1.807) is 36.4 Å². The standard InChI is InChI=1S/C26H23N3O4S/c1-17(30)27-19-7-11-21(12-8-19)29-25(32)16-23(26(29)33)34-22-13-9-20(10-14-22)28-24(31)15-18-5-3-2-4-6-18/h2-14,23H,15-16H2,1H3,(H,27,30)(H,28,31). The van der Waals surface area contributed by atoms with E-state index in [-0.39, 0.29) is 36.5 Å². The number of hydrogen-bond acceptors (Lipinski definition) is 5. The molecule has 3 aromatic rings. The van der Waals surface area contributed by atoms with Gasteiger partial charge in [0.1, 0.15) is 0 Å². The Morgan fingerprint density at radius 1 is 0.882 bits per heavy atom. The van der Waals surface area contributed by atoms with Gasteiger partial charge in [0.2, 0.25) is 23.6 Å². The predicted octanol–water partition coefficient (Wildman–Crippen LogP) is 4.25. The maximum atomic E-state index is 12.9. The first kappa shape index (κ1) is 23.3. The van der Waals surface area contributed by atoms with E-state index in [1.807, 2.05) is 42.5 Å². The third-order valence-electron chi connectivity index (χ3n) is 5.18. The highest BCUT2D eigenvalue weighted by atomic mass is 32.2. The molecule has 7 nitrogen and oxygen atoms in total. The largest absolute Gasteiger partial charge is 0.326 e. The van der Waals surface area contributed by atoms with E-state index in [0.717, 1.165) is 10.5 Å². The summed E-state index contributed by atoms with van der Waals surface area (Å²) >= 11 is 1.32. The molecule has 3 aromatic carbocycles. The third-order valence-corrected chi connectivity index (χ3v) is 6.37. The molecule has 34 heavy (non-hydrogen) atoms. The molecule has 1 unspecified atom stereocenters. The van der Waals surface area contributed by atoms with Gasteiger partial charge in [0.25, 0.3) is 0 Å². The van der Waals surface area contributed by atoms with E-state index in [2.05, 4.69) is 10.6 Å². The van der Waals surface area contributed by atoms with Crippen molar-refractivity contribution in [1.82, 2.24) is 0 Å². The average molecular weight is 474 g/mol. The summed E-state index contributed by atoms with van der Waals surface area (Å²) in [7, 11) is 0. The third kappa shape index (κ3) is 5.71. The summed E-state index contributed by atoms with van der Waals surface area (Å²) in [5.41, 5.74) is 2.67. The fraction of sp³-hybridized carbons (Fsp3) is 0.154. The van der Waals surface area contributed by atoms with Crippen molar-refractivity contribution in [3.8, 4) is 0 Å². The van der Waals surface area contributed by atoms with Gasteiger partial charge in [-0.1, -0.05) is 30.3 Å². The minimum Gasteiger partial charge on any atom is -0.326 e. The highest BCUT2D eigenvalue weighted by Gasteiger charge is 2.40. The maximum Gasteiger partial charge on any atom is 0.247 e. The summed E-state index contributed by atoms with van der Waals surface area (Å²) in [6, 6.07) is 23.3. The molecule has 0 aliphatic carbocycles. The Kier molecular flexibility index (Phi) is 7.08. The van der Waals surface area contributed by atoms with Crippen LogP contribution < -0.4 is 15.5 Å². The number of carbonyl (C=O) groups excluding carboxylic acids is 4. The number of amides is 4. The van der Waals surface area contributed by atoms with Crippen molar-refractivity contribution in [2.75, 3.05) is 15.5 Å². The highest BCUT2D eigenvalue weighted by molar-refractivity contribution is 8.00. The van der Waals surface area contributed by atoms with Crippen molar-refractivity contribution in [2.24, 2.45) is 0 Å². The minimum atomic E-state index is -0.527. The lowest BCUT2D eigenvalue weighted by Crippen LogP contribution is -2.31. The molecule has 1 saturated heterocycles. The second-order valence-corrected chi connectivity index (χ2v) is 9.12. The first-order valence-corrected chi connectivity index (χ1v) is 11.6. The van der Waals surface area contributed by atoms with Crippen molar-refractivity contribution >= 4 is 52.5 Å². The Balaban J connectivity index is 1.35. The van der Waals surface area contributed by atoms with E-state index in [1.165, 1.54) is 23.6 Å². The van der Waals surface area contributed by atoms with Crippen LogP contribution in [0.3, 0.4) is 0 Å². The van der Waals surface area contributed by atoms with Gasteiger partial charge in [-0.25, -0.2) is 4.90 Å². The van der Waals surface area contributed by atoms with Crippen LogP contribution in [0, 0.1) is 0 Å². The number of rotatable bonds is 7. The van der Waals surface area contributed by atoms with Crippen LogP contribution in [-0.4, -0.2) is 28.9 Å². The lowest BCUT2D eigenvalue weighted by molar-refractivity contribution is -0.121. The Labute approximate surface area is 201 Å². The van der Waals surface area contributed by atoms with E-state index < -0.39 is 5.25 Å². The Hall–Kier alpha value is -3.91. The minimum absolute atomic E-state index is 0.104. The van der Waals surface area contributed by atoms with Gasteiger partial charge in [-0.15, -0.1) is 11.8 Å². The molecule has 1 aliphatic heterocycles. The molecular weight excluding hydrogens is 450 g/mol. The van der Waals surface area contributed by atoms with Crippen molar-refractivity contribution < 1.29 is 19.2 Å². The number of carbonyl (C=O) groups is 4. The number of imide groups is 1. The van der Waals surface area contributed by atoms with Crippen LogP contribution in [0.5, 0.6) is 0 Å². The summed E-state index contributed by atoms with van der Waals surface area (Å²) < 4.78 is 0. The number of anilines is 3. The van der Waals surface area contributed by atoms with Gasteiger partial charge in [-0.3, -0.25) is 19.2 Å². The predicted molar refractivity (Wildman–Crippen MR) is 133 cm³/mol. The molecule has 0 bridgehead atoms. The number of nitrogens with zero attached hydrogens (tertiary/aromatic N) is 1. The Morgan fingerprint density at radius 3 is 2.15 bits per heavy atom. The first-order chi connectivity index (χ1) is 16.4. The van der Waals surface area contributed by atoms with E-state index >= 15 is 0 Å². The van der Waals surface area contributed by atoms with Crippen LogP contribution in [0.4, 0.5) is 17.1 Å². The van der Waals surface area contributed by atoms with Crippen molar-refractivity contribution in [3.63, 3.8) is 0 Å². The molecule has 4 amide bonds. The Morgan fingerprint density at radius 2 is 1.50 bits per heavy atom. The molecule has 0 aromatic heterocycles. The molecule has 0 spiro atoms. The molecule has 4 rings (SSSR count). The van der Waals surface area contributed by atoms with E-state index in [4.69, 9.17) is 0 Å². The van der Waals surface area contributed by atoms with Gasteiger partial charge < -0.3 is 10.6 Å². The molecule has 0 saturated carbocycles. The van der Waals surface area contributed by atoms with Crippen molar-refractivity contribution in [3.05, 3.63) is 84.4 Å². The second kappa shape index (κ2) is 10.4. The van der Waals surface area contributed by atoms with Crippen molar-refractivity contribution in [1.29, 1.82) is 0 Å². The van der Waals surface area contributed by atoms with Crippen LogP contribution in [0.2, 0.25) is 0 Å². The van der Waals surface area contributed by atoms with Crippen LogP contribution in [0.1, 0.15) is 18.9 Å². The number of nitrogens with one attached hydrogen (secondary N) is 2. The number of benzene rings is 3. The first-order valence-electron chi connectivity index (χ1n) is 10.7. The molecule has 1 heterocycles. The summed E-state index contributed by atoms with van der Waals surface area (Å²) in [5, 5.41) is 5.00. The van der Waals surface area contributed by atoms with Gasteiger partial charge in [-0.2, -0.15) is 0 Å². The fourth-order valence-electron chi connectivity index (χ4n) is 3.63. The normalized spacial score (nSPS) is 15.3. The average Bonchev–Trinajstić information content (AvgIpc) is 3.08. The molecule has 8 heteroatoms. The number of hydrogen-bond donors (Lipinski definition) is 2. The fourth-order valence-corrected chi connectivity index (χ4v) is 4.69. The SMILES string of the molecule is CC(=O)Nc1ccc(N2C(=O)CC(Sc3ccc(NC(=O)Cc4ccccc4)cc3)C2=O)cc1. The Bertz CT molecular complexity index is 1210. The van der Waals surface area contributed by atoms with Crippen LogP contribution in [0.25, 0.3) is 0 Å². The summed E-state index contributed by atoms with van der Waals surface area (Å²) in [5.74, 6) is -0.843. The molecular formula is C26H23N3O4S. The van der Waals surface area contributed by atoms with Crippen LogP contribution >= 0.6 is 11.8 Å². The molecule has 2 N–H and O–H groups in total. The van der Waals surface area contributed by atoms with Gasteiger partial charge in [0, 0.05) is 29.6 Å². The monoisotopic (exact) mass is 473 g/mol. The topological polar surface area (TPSA) is 95.6 Å². The molecule has 0 radical (unpaired) electrons. The molecule has 1 atom stereocenters. The van der Waals surface area contributed by atoms with Gasteiger partial charge >= 0.3 is 0 Å². The molecule has 1 aliphatic rings. The van der Waals surface area contributed by atoms with E-state index in [0.29, 0.717) is 17.1 Å². The van der Waals surface area contributed by atoms with Gasteiger partial charge in [-0.05, 0) is 54.1 Å². The zero-order valence-electron chi connectivity index (χ0n) is 18.5. The van der Waals surface area contributed by atoms with Gasteiger partial charge in [0.15, 0.2) is 0 Å². The van der Waals surface area contributed by atoms with Crippen molar-refractivity contribution in [2.45, 2.75) is 29.9 Å². The quantitative estimate of drug-likeness (QED) is 0.500. The summed E-state index contributed by atoms with van der Waals surface area (Å²) in [6.07, 6.45) is 0.393. The number of thioether (sulfide) groups is 1. The zero-order chi connectivity index (χ0) is 24.1. The van der Waals surface area contributed by atoms with Gasteiger partial charge in [0.05, 0.1) is 17.4 Å². The summed E-state index contributed by atoms with van der Waals surface area (Å²) in [6.45, 7) is 1.41.